The number of hydrogen-bond acceptors (Lipinski definition) is 5. The van der Waals surface area contributed by atoms with Crippen LogP contribution < -0.4 is 16.4 Å². The molecule has 0 spiro atoms. The number of likely N-dealkylation sites (tertiary alicyclic amines) is 1. The predicted molar refractivity (Wildman–Crippen MR) is 96.8 cm³/mol. The molecule has 0 radical (unpaired) electrons. The van der Waals surface area contributed by atoms with Crippen molar-refractivity contribution in [2.75, 3.05) is 38.5 Å². The van der Waals surface area contributed by atoms with Gasteiger partial charge in [-0.2, -0.15) is 10.4 Å². The lowest BCUT2D eigenvalue weighted by atomic mass is 9.92. The van der Waals surface area contributed by atoms with E-state index >= 15 is 0 Å². The number of piperidine rings is 1. The lowest BCUT2D eigenvalue weighted by Gasteiger charge is -2.34. The van der Waals surface area contributed by atoms with Crippen molar-refractivity contribution in [3.63, 3.8) is 0 Å². The summed E-state index contributed by atoms with van der Waals surface area (Å²) in [4.78, 5) is 14.2. The molecular formula is C17H29N7O. The molecule has 2 atom stereocenters. The molecule has 0 saturated carbocycles. The predicted octanol–water partition coefficient (Wildman–Crippen LogP) is 1.07. The molecule has 1 saturated heterocycles. The van der Waals surface area contributed by atoms with Crippen molar-refractivity contribution >= 4 is 11.8 Å². The van der Waals surface area contributed by atoms with E-state index in [4.69, 9.17) is 11.0 Å². The van der Waals surface area contributed by atoms with Gasteiger partial charge in [-0.25, -0.2) is 4.79 Å². The number of anilines is 1. The molecule has 138 valence electrons. The number of aromatic amines is 1. The normalized spacial score (nSPS) is 20.8. The van der Waals surface area contributed by atoms with Crippen LogP contribution in [-0.4, -0.2) is 53.9 Å². The van der Waals surface area contributed by atoms with Gasteiger partial charge in [0, 0.05) is 32.7 Å². The molecule has 2 amide bonds. The Morgan fingerprint density at radius 2 is 2.04 bits per heavy atom. The number of aromatic nitrogens is 2. The van der Waals surface area contributed by atoms with Gasteiger partial charge >= 0.3 is 6.03 Å². The smallest absolute Gasteiger partial charge is 0.314 e. The summed E-state index contributed by atoms with van der Waals surface area (Å²) in [5.74, 6) is 1.68. The van der Waals surface area contributed by atoms with E-state index in [0.717, 1.165) is 37.2 Å². The SMILES string of the molecule is C[C@H]1C[C@H](C)CN(CCNC(=O)NCCCc2[nH]nc(N)c2C#N)C1. The van der Waals surface area contributed by atoms with Gasteiger partial charge in [-0.15, -0.1) is 0 Å². The quantitative estimate of drug-likeness (QED) is 0.550. The first-order valence-electron chi connectivity index (χ1n) is 8.96. The molecule has 1 aromatic rings. The number of carbonyl (C=O) groups is 1. The molecule has 8 nitrogen and oxygen atoms in total. The number of hydrogen-bond donors (Lipinski definition) is 4. The fourth-order valence-electron chi connectivity index (χ4n) is 3.53. The molecule has 5 N–H and O–H groups in total. The highest BCUT2D eigenvalue weighted by Crippen LogP contribution is 2.20. The second kappa shape index (κ2) is 9.28. The molecule has 0 unspecified atom stereocenters. The number of H-pyrrole nitrogens is 1. The highest BCUT2D eigenvalue weighted by molar-refractivity contribution is 5.73. The number of nitrogens with two attached hydrogens (primary N) is 1. The summed E-state index contributed by atoms with van der Waals surface area (Å²) in [5.41, 5.74) is 6.70. The number of amides is 2. The van der Waals surface area contributed by atoms with Crippen molar-refractivity contribution in [3.05, 3.63) is 11.3 Å². The van der Waals surface area contributed by atoms with E-state index in [1.165, 1.54) is 6.42 Å². The molecule has 2 rings (SSSR count). The van der Waals surface area contributed by atoms with Gasteiger partial charge in [0.2, 0.25) is 0 Å². The monoisotopic (exact) mass is 347 g/mol. The summed E-state index contributed by atoms with van der Waals surface area (Å²) in [6, 6.07) is 1.89. The highest BCUT2D eigenvalue weighted by Gasteiger charge is 2.21. The van der Waals surface area contributed by atoms with E-state index in [-0.39, 0.29) is 11.8 Å². The largest absolute Gasteiger partial charge is 0.381 e. The van der Waals surface area contributed by atoms with Crippen LogP contribution in [0.4, 0.5) is 10.6 Å². The minimum absolute atomic E-state index is 0.150. The van der Waals surface area contributed by atoms with Crippen LogP contribution in [0.15, 0.2) is 0 Å². The molecule has 1 fully saturated rings. The van der Waals surface area contributed by atoms with Crippen LogP contribution in [0.3, 0.4) is 0 Å². The van der Waals surface area contributed by atoms with Crippen molar-refractivity contribution in [3.8, 4) is 6.07 Å². The summed E-state index contributed by atoms with van der Waals surface area (Å²) in [6.45, 7) is 8.88. The third-order valence-electron chi connectivity index (χ3n) is 4.53. The van der Waals surface area contributed by atoms with Gasteiger partial charge < -0.3 is 21.3 Å². The van der Waals surface area contributed by atoms with Gasteiger partial charge in [0.15, 0.2) is 5.82 Å². The van der Waals surface area contributed by atoms with Gasteiger partial charge in [0.1, 0.15) is 11.6 Å². The summed E-state index contributed by atoms with van der Waals surface area (Å²) in [7, 11) is 0. The third-order valence-corrected chi connectivity index (χ3v) is 4.53. The molecule has 0 aliphatic carbocycles. The first-order chi connectivity index (χ1) is 12.0. The number of nitrogen functional groups attached to an aromatic ring is 1. The van der Waals surface area contributed by atoms with Crippen LogP contribution >= 0.6 is 0 Å². The van der Waals surface area contributed by atoms with Crippen molar-refractivity contribution in [1.82, 2.24) is 25.7 Å². The Balaban J connectivity index is 1.57. The van der Waals surface area contributed by atoms with E-state index in [0.29, 0.717) is 31.5 Å². The fraction of sp³-hybridized carbons (Fsp3) is 0.706. The molecule has 2 heterocycles. The second-order valence-corrected chi connectivity index (χ2v) is 7.07. The summed E-state index contributed by atoms with van der Waals surface area (Å²) >= 11 is 0. The lowest BCUT2D eigenvalue weighted by Crippen LogP contribution is -2.44. The molecule has 1 aliphatic heterocycles. The minimum Gasteiger partial charge on any atom is -0.381 e. The first-order valence-corrected chi connectivity index (χ1v) is 8.96. The molecule has 0 bridgehead atoms. The fourth-order valence-corrected chi connectivity index (χ4v) is 3.53. The number of urea groups is 1. The molecular weight excluding hydrogens is 318 g/mol. The van der Waals surface area contributed by atoms with Crippen molar-refractivity contribution in [2.45, 2.75) is 33.1 Å². The molecule has 0 aromatic carbocycles. The van der Waals surface area contributed by atoms with Crippen molar-refractivity contribution < 1.29 is 4.79 Å². The maximum absolute atomic E-state index is 11.8. The van der Waals surface area contributed by atoms with Crippen molar-refractivity contribution in [2.24, 2.45) is 11.8 Å². The van der Waals surface area contributed by atoms with Gasteiger partial charge in [0.25, 0.3) is 0 Å². The zero-order valence-electron chi connectivity index (χ0n) is 15.1. The average molecular weight is 347 g/mol. The van der Waals surface area contributed by atoms with E-state index in [1.807, 2.05) is 6.07 Å². The highest BCUT2D eigenvalue weighted by atomic mass is 16.2. The Bertz CT molecular complexity index is 597. The molecule has 8 heteroatoms. The minimum atomic E-state index is -0.150. The summed E-state index contributed by atoms with van der Waals surface area (Å²) in [6.07, 6.45) is 2.63. The van der Waals surface area contributed by atoms with Crippen LogP contribution in [0.25, 0.3) is 0 Å². The summed E-state index contributed by atoms with van der Waals surface area (Å²) in [5, 5.41) is 21.3. The van der Waals surface area contributed by atoms with E-state index in [1.54, 1.807) is 0 Å². The topological polar surface area (TPSA) is 123 Å². The first kappa shape index (κ1) is 19.1. The zero-order valence-corrected chi connectivity index (χ0v) is 15.1. The summed E-state index contributed by atoms with van der Waals surface area (Å²) < 4.78 is 0. The Morgan fingerprint density at radius 1 is 1.36 bits per heavy atom. The van der Waals surface area contributed by atoms with Crippen LogP contribution in [0, 0.1) is 23.2 Å². The molecule has 1 aromatic heterocycles. The van der Waals surface area contributed by atoms with Crippen LogP contribution in [0.2, 0.25) is 0 Å². The van der Waals surface area contributed by atoms with Gasteiger partial charge in [-0.05, 0) is 31.1 Å². The Kier molecular flexibility index (Phi) is 7.07. The van der Waals surface area contributed by atoms with Gasteiger partial charge in [0.05, 0.1) is 5.69 Å². The lowest BCUT2D eigenvalue weighted by molar-refractivity contribution is 0.142. The number of aryl methyl sites for hydroxylation is 1. The number of rotatable bonds is 7. The maximum atomic E-state index is 11.8. The number of nitrogens with zero attached hydrogens (tertiary/aromatic N) is 3. The van der Waals surface area contributed by atoms with Crippen LogP contribution in [0.1, 0.15) is 37.9 Å². The van der Waals surface area contributed by atoms with E-state index < -0.39 is 0 Å². The second-order valence-electron chi connectivity index (χ2n) is 7.07. The number of nitrogens with one attached hydrogen (secondary N) is 3. The Morgan fingerprint density at radius 3 is 2.72 bits per heavy atom. The number of carbonyl (C=O) groups excluding carboxylic acids is 1. The van der Waals surface area contributed by atoms with Crippen LogP contribution in [-0.2, 0) is 6.42 Å². The van der Waals surface area contributed by atoms with Gasteiger partial charge in [-0.1, -0.05) is 13.8 Å². The van der Waals surface area contributed by atoms with E-state index in [2.05, 4.69) is 39.6 Å². The van der Waals surface area contributed by atoms with Crippen LogP contribution in [0.5, 0.6) is 0 Å². The number of nitriles is 1. The molecule has 1 aliphatic rings. The zero-order chi connectivity index (χ0) is 18.2. The third kappa shape index (κ3) is 5.94. The standard InChI is InChI=1S/C17H29N7O/c1-12-8-13(2)11-24(10-12)7-6-21-17(25)20-5-3-4-15-14(9-18)16(19)23-22-15/h12-13H,3-8,10-11H2,1-2H3,(H3,19,22,23)(H2,20,21,25)/t12-,13-/m0/s1. The van der Waals surface area contributed by atoms with Gasteiger partial charge in [-0.3, -0.25) is 5.10 Å². The van der Waals surface area contributed by atoms with E-state index in [9.17, 15) is 4.79 Å². The Labute approximate surface area is 149 Å². The average Bonchev–Trinajstić information content (AvgIpc) is 2.90. The maximum Gasteiger partial charge on any atom is 0.314 e. The Hall–Kier alpha value is -2.27. The van der Waals surface area contributed by atoms with Crippen molar-refractivity contribution in [1.29, 1.82) is 5.26 Å². The molecule has 25 heavy (non-hydrogen) atoms.